The summed E-state index contributed by atoms with van der Waals surface area (Å²) in [6, 6.07) is 13.2. The zero-order valence-electron chi connectivity index (χ0n) is 15.4. The van der Waals surface area contributed by atoms with Crippen LogP contribution in [0.15, 0.2) is 63.1 Å². The van der Waals surface area contributed by atoms with Crippen molar-refractivity contribution in [1.82, 2.24) is 0 Å². The molecule has 1 aliphatic rings. The van der Waals surface area contributed by atoms with Gasteiger partial charge < -0.3 is 22.1 Å². The lowest BCUT2D eigenvalue weighted by Gasteiger charge is -2.41. The molecule has 2 unspecified atom stereocenters. The van der Waals surface area contributed by atoms with E-state index < -0.39 is 15.7 Å². The summed E-state index contributed by atoms with van der Waals surface area (Å²) in [4.78, 5) is -0.158. The first-order chi connectivity index (χ1) is 12.7. The van der Waals surface area contributed by atoms with Gasteiger partial charge in [-0.2, -0.15) is 8.42 Å². The molecule has 1 N–H and O–H groups in total. The van der Waals surface area contributed by atoms with E-state index in [0.29, 0.717) is 28.0 Å². The van der Waals surface area contributed by atoms with E-state index in [2.05, 4.69) is 9.63 Å². The zero-order chi connectivity index (χ0) is 19.7. The summed E-state index contributed by atoms with van der Waals surface area (Å²) in [5, 5.41) is 15.2. The van der Waals surface area contributed by atoms with Crippen LogP contribution in [0.1, 0.15) is 12.5 Å². The van der Waals surface area contributed by atoms with E-state index in [1.165, 1.54) is 12.1 Å². The fraction of sp³-hybridized carbons (Fsp3) is 0.333. The minimum Gasteiger partial charge on any atom is -1.00 e. The van der Waals surface area contributed by atoms with E-state index >= 15 is 0 Å². The second kappa shape index (κ2) is 8.81. The summed E-state index contributed by atoms with van der Waals surface area (Å²) >= 11 is 7.78. The highest BCUT2D eigenvalue weighted by atomic mass is 79.9. The van der Waals surface area contributed by atoms with Gasteiger partial charge in [0.05, 0.1) is 30.1 Å². The molecule has 0 amide bonds. The Balaban J connectivity index is 0.00000280. The topological polar surface area (TPSA) is 79.1 Å². The van der Waals surface area contributed by atoms with Crippen LogP contribution in [-0.2, 0) is 15.7 Å². The van der Waals surface area contributed by atoms with Gasteiger partial charge in [-0.15, -0.1) is 5.11 Å². The SMILES string of the molecule is CC[N+]1(C)CSCC1(O)c1ccc(Cl)c(S(=O)(=O)N=Nc2ccccc2)c1.[Br-]. The van der Waals surface area contributed by atoms with E-state index in [1.807, 2.05) is 14.0 Å². The van der Waals surface area contributed by atoms with Crippen LogP contribution in [0.5, 0.6) is 0 Å². The first kappa shape index (κ1) is 23.3. The molecule has 0 radical (unpaired) electrons. The number of hydrogen-bond acceptors (Lipinski definition) is 5. The highest BCUT2D eigenvalue weighted by Crippen LogP contribution is 2.43. The maximum atomic E-state index is 12.7. The average molecular weight is 507 g/mol. The molecule has 1 aliphatic heterocycles. The zero-order valence-corrected chi connectivity index (χ0v) is 19.4. The lowest BCUT2D eigenvalue weighted by molar-refractivity contribution is -0.972. The molecule has 0 saturated carbocycles. The Morgan fingerprint density at radius 2 is 1.93 bits per heavy atom. The van der Waals surface area contributed by atoms with Gasteiger partial charge in [0, 0.05) is 5.56 Å². The van der Waals surface area contributed by atoms with Crippen LogP contribution >= 0.6 is 23.4 Å². The smallest absolute Gasteiger partial charge is 0.301 e. The first-order valence-corrected chi connectivity index (χ1v) is 11.4. The fourth-order valence-corrected chi connectivity index (χ4v) is 5.93. The lowest BCUT2D eigenvalue weighted by Crippen LogP contribution is -3.00. The maximum Gasteiger partial charge on any atom is 0.301 e. The van der Waals surface area contributed by atoms with E-state index in [4.69, 9.17) is 11.6 Å². The van der Waals surface area contributed by atoms with Crippen molar-refractivity contribution in [1.29, 1.82) is 0 Å². The van der Waals surface area contributed by atoms with Crippen LogP contribution in [0.25, 0.3) is 0 Å². The molecule has 2 aromatic carbocycles. The third-order valence-corrected chi connectivity index (χ3v) is 7.95. The molecule has 0 spiro atoms. The van der Waals surface area contributed by atoms with E-state index in [-0.39, 0.29) is 26.9 Å². The second-order valence-corrected chi connectivity index (χ2v) is 9.56. The minimum absolute atomic E-state index is 0. The fourth-order valence-electron chi connectivity index (χ4n) is 2.99. The predicted octanol–water partition coefficient (Wildman–Crippen LogP) is 1.13. The Morgan fingerprint density at radius 1 is 1.25 bits per heavy atom. The monoisotopic (exact) mass is 505 g/mol. The van der Waals surface area contributed by atoms with Crippen LogP contribution in [0.4, 0.5) is 5.69 Å². The molecule has 10 heteroatoms. The standard InChI is InChI=1S/C18H21ClN3O3S2.BrH/c1-3-22(2)13-26-12-18(22,23)14-9-10-16(19)17(11-14)27(24,25)21-20-15-7-5-4-6-8-15;/h4-11,23H,3,12-13H2,1-2H3;1H/q+1;/p-1. The minimum atomic E-state index is -4.11. The van der Waals surface area contributed by atoms with E-state index in [1.54, 1.807) is 48.2 Å². The van der Waals surface area contributed by atoms with Crippen molar-refractivity contribution in [2.24, 2.45) is 9.63 Å². The van der Waals surface area contributed by atoms with Gasteiger partial charge in [-0.3, -0.25) is 4.48 Å². The molecule has 1 fully saturated rings. The molecule has 2 aromatic rings. The molecule has 0 aromatic heterocycles. The van der Waals surface area contributed by atoms with Crippen molar-refractivity contribution >= 4 is 39.1 Å². The van der Waals surface area contributed by atoms with Crippen LogP contribution in [0.3, 0.4) is 0 Å². The summed E-state index contributed by atoms with van der Waals surface area (Å²) in [6.07, 6.45) is 0. The van der Waals surface area contributed by atoms with Gasteiger partial charge in [-0.05, 0) is 37.3 Å². The highest BCUT2D eigenvalue weighted by molar-refractivity contribution is 7.99. The number of sulfonamides is 1. The van der Waals surface area contributed by atoms with Crippen LogP contribution < -0.4 is 17.0 Å². The number of benzene rings is 2. The van der Waals surface area contributed by atoms with Crippen molar-refractivity contribution in [3.05, 3.63) is 59.1 Å². The average Bonchev–Trinajstić information content (AvgIpc) is 2.97. The Hall–Kier alpha value is -0.970. The Bertz CT molecular complexity index is 975. The highest BCUT2D eigenvalue weighted by Gasteiger charge is 2.52. The number of halogens is 2. The van der Waals surface area contributed by atoms with Gasteiger partial charge in [-0.1, -0.05) is 46.1 Å². The number of quaternary nitrogens is 1. The molecule has 0 bridgehead atoms. The van der Waals surface area contributed by atoms with Crippen LogP contribution in [0.2, 0.25) is 5.02 Å². The van der Waals surface area contributed by atoms with Gasteiger partial charge in [0.1, 0.15) is 10.8 Å². The Morgan fingerprint density at radius 3 is 2.57 bits per heavy atom. The molecule has 0 aliphatic carbocycles. The first-order valence-electron chi connectivity index (χ1n) is 8.40. The van der Waals surface area contributed by atoms with E-state index in [0.717, 1.165) is 5.88 Å². The van der Waals surface area contributed by atoms with Crippen molar-refractivity contribution in [2.45, 2.75) is 17.5 Å². The Kier molecular flexibility index (Phi) is 7.33. The van der Waals surface area contributed by atoms with Crippen molar-refractivity contribution in [3.63, 3.8) is 0 Å². The molecule has 2 atom stereocenters. The third kappa shape index (κ3) is 4.29. The molecular weight excluding hydrogens is 486 g/mol. The summed E-state index contributed by atoms with van der Waals surface area (Å²) in [5.41, 5.74) is -0.255. The van der Waals surface area contributed by atoms with Crippen molar-refractivity contribution in [2.75, 3.05) is 25.2 Å². The summed E-state index contributed by atoms with van der Waals surface area (Å²) in [5.74, 6) is 1.22. The molecule has 1 saturated heterocycles. The van der Waals surface area contributed by atoms with Gasteiger partial charge in [0.15, 0.2) is 0 Å². The number of nitrogens with zero attached hydrogens (tertiary/aromatic N) is 3. The number of thioether (sulfide) groups is 1. The predicted molar refractivity (Wildman–Crippen MR) is 108 cm³/mol. The van der Waals surface area contributed by atoms with Gasteiger partial charge >= 0.3 is 10.0 Å². The number of rotatable bonds is 5. The molecule has 152 valence electrons. The van der Waals surface area contributed by atoms with Crippen LogP contribution in [-0.4, -0.2) is 43.2 Å². The number of aliphatic hydroxyl groups is 1. The lowest BCUT2D eigenvalue weighted by atomic mass is 10.0. The molecule has 3 rings (SSSR count). The van der Waals surface area contributed by atoms with Crippen LogP contribution in [0, 0.1) is 0 Å². The molecular formula is C18H21BrClN3O3S2. The largest absolute Gasteiger partial charge is 1.00 e. The Labute approximate surface area is 185 Å². The van der Waals surface area contributed by atoms with Gasteiger partial charge in [-0.25, -0.2) is 0 Å². The molecule has 6 nitrogen and oxygen atoms in total. The van der Waals surface area contributed by atoms with Crippen molar-refractivity contribution in [3.8, 4) is 0 Å². The summed E-state index contributed by atoms with van der Waals surface area (Å²) in [6.45, 7) is 2.71. The maximum absolute atomic E-state index is 12.7. The second-order valence-electron chi connectivity index (χ2n) is 6.64. The normalized spacial score (nSPS) is 25.0. The summed E-state index contributed by atoms with van der Waals surface area (Å²) < 4.78 is 29.3. The number of hydrogen-bond donors (Lipinski definition) is 1. The molecule has 1 heterocycles. The van der Waals surface area contributed by atoms with Crippen molar-refractivity contribution < 1.29 is 35.0 Å². The summed E-state index contributed by atoms with van der Waals surface area (Å²) in [7, 11) is -2.15. The van der Waals surface area contributed by atoms with Gasteiger partial charge in [0.25, 0.3) is 0 Å². The molecule has 28 heavy (non-hydrogen) atoms. The van der Waals surface area contributed by atoms with Gasteiger partial charge in [0.2, 0.25) is 5.72 Å². The third-order valence-electron chi connectivity index (χ3n) is 4.96. The quantitative estimate of drug-likeness (QED) is 0.487. The van der Waals surface area contributed by atoms with E-state index in [9.17, 15) is 13.5 Å².